The van der Waals surface area contributed by atoms with Gasteiger partial charge in [-0.2, -0.15) is 0 Å². The molecule has 0 radical (unpaired) electrons. The molecule has 15 heavy (non-hydrogen) atoms. The average Bonchev–Trinajstić information content (AvgIpc) is 2.63. The number of ketones is 1. The fourth-order valence-corrected chi connectivity index (χ4v) is 2.10. The molecule has 2 aliphatic rings. The fourth-order valence-electron chi connectivity index (χ4n) is 2.10. The van der Waals surface area contributed by atoms with Crippen LogP contribution in [0.5, 0.6) is 5.75 Å². The Bertz CT molecular complexity index is 467. The molecule has 1 aromatic rings. The zero-order valence-electron chi connectivity index (χ0n) is 8.14. The maximum absolute atomic E-state index is 11.1. The van der Waals surface area contributed by atoms with E-state index >= 15 is 0 Å². The molecule has 1 aliphatic carbocycles. The maximum atomic E-state index is 11.1. The van der Waals surface area contributed by atoms with Crippen LogP contribution in [0.3, 0.4) is 0 Å². The number of para-hydroxylation sites is 1. The third kappa shape index (κ3) is 1.14. The minimum absolute atomic E-state index is 0.0463. The maximum Gasteiger partial charge on any atom is 0.178 e. The summed E-state index contributed by atoms with van der Waals surface area (Å²) >= 11 is 0. The van der Waals surface area contributed by atoms with Crippen LogP contribution in [-0.2, 0) is 10.2 Å². The summed E-state index contributed by atoms with van der Waals surface area (Å²) < 4.78 is 5.61. The van der Waals surface area contributed by atoms with Crippen LogP contribution in [0.15, 0.2) is 48.6 Å². The Morgan fingerprint density at radius 2 is 1.87 bits per heavy atom. The van der Waals surface area contributed by atoms with Crippen LogP contribution in [0.4, 0.5) is 0 Å². The highest BCUT2D eigenvalue weighted by Crippen LogP contribution is 2.41. The normalized spacial score (nSPS) is 20.4. The highest BCUT2D eigenvalue weighted by atomic mass is 16.5. The molecule has 3 rings (SSSR count). The standard InChI is InChI=1S/C13H10O2/c14-10-5-7-13(8-6-10)9-15-12-4-2-1-3-11(12)13/h1-8H,9H2. The average molecular weight is 198 g/mol. The van der Waals surface area contributed by atoms with Crippen molar-refractivity contribution in [3.63, 3.8) is 0 Å². The molecule has 74 valence electrons. The molecule has 0 saturated heterocycles. The summed E-state index contributed by atoms with van der Waals surface area (Å²) in [4.78, 5) is 11.1. The molecule has 0 saturated carbocycles. The first-order chi connectivity index (χ1) is 7.30. The number of benzene rings is 1. The largest absolute Gasteiger partial charge is 0.492 e. The molecule has 0 aromatic heterocycles. The van der Waals surface area contributed by atoms with Gasteiger partial charge in [0.15, 0.2) is 5.78 Å². The summed E-state index contributed by atoms with van der Waals surface area (Å²) in [6, 6.07) is 7.96. The lowest BCUT2D eigenvalue weighted by atomic mass is 9.79. The number of carbonyl (C=O) groups is 1. The number of hydrogen-bond donors (Lipinski definition) is 0. The summed E-state index contributed by atoms with van der Waals surface area (Å²) in [7, 11) is 0. The first kappa shape index (κ1) is 8.48. The number of allylic oxidation sites excluding steroid dienone is 2. The molecule has 0 N–H and O–H groups in total. The van der Waals surface area contributed by atoms with Crippen LogP contribution in [0.1, 0.15) is 5.56 Å². The summed E-state index contributed by atoms with van der Waals surface area (Å²) in [6.07, 6.45) is 7.10. The second-order valence-corrected chi connectivity index (χ2v) is 3.89. The molecule has 0 atom stereocenters. The van der Waals surface area contributed by atoms with E-state index in [4.69, 9.17) is 4.74 Å². The molecule has 2 heteroatoms. The number of ether oxygens (including phenoxy) is 1. The lowest BCUT2D eigenvalue weighted by Gasteiger charge is -2.21. The monoisotopic (exact) mass is 198 g/mol. The Hall–Kier alpha value is -1.83. The topological polar surface area (TPSA) is 26.3 Å². The van der Waals surface area contributed by atoms with Gasteiger partial charge in [-0.25, -0.2) is 0 Å². The second-order valence-electron chi connectivity index (χ2n) is 3.89. The quantitative estimate of drug-likeness (QED) is 0.637. The van der Waals surface area contributed by atoms with Gasteiger partial charge in [-0.05, 0) is 18.2 Å². The van der Waals surface area contributed by atoms with Crippen LogP contribution < -0.4 is 4.74 Å². The molecule has 1 spiro atoms. The molecule has 2 nitrogen and oxygen atoms in total. The second kappa shape index (κ2) is 2.83. The van der Waals surface area contributed by atoms with Crippen molar-refractivity contribution >= 4 is 5.78 Å². The van der Waals surface area contributed by atoms with Crippen molar-refractivity contribution in [3.8, 4) is 5.75 Å². The Kier molecular flexibility index (Phi) is 1.60. The molecule has 1 heterocycles. The van der Waals surface area contributed by atoms with Gasteiger partial charge in [0.25, 0.3) is 0 Å². The van der Waals surface area contributed by atoms with Crippen molar-refractivity contribution in [1.82, 2.24) is 0 Å². The van der Waals surface area contributed by atoms with E-state index in [2.05, 4.69) is 0 Å². The Morgan fingerprint density at radius 3 is 2.67 bits per heavy atom. The van der Waals surface area contributed by atoms with Crippen LogP contribution in [0, 0.1) is 0 Å². The van der Waals surface area contributed by atoms with E-state index in [-0.39, 0.29) is 11.2 Å². The molecular formula is C13H10O2. The van der Waals surface area contributed by atoms with Crippen LogP contribution in [-0.4, -0.2) is 12.4 Å². The zero-order valence-corrected chi connectivity index (χ0v) is 8.14. The van der Waals surface area contributed by atoms with Crippen molar-refractivity contribution < 1.29 is 9.53 Å². The van der Waals surface area contributed by atoms with Gasteiger partial charge in [-0.3, -0.25) is 4.79 Å². The number of carbonyl (C=O) groups excluding carboxylic acids is 1. The van der Waals surface area contributed by atoms with Gasteiger partial charge in [0.05, 0.1) is 5.41 Å². The Labute approximate surface area is 87.9 Å². The van der Waals surface area contributed by atoms with E-state index in [0.717, 1.165) is 11.3 Å². The predicted octanol–water partition coefficient (Wildman–Crippen LogP) is 2.01. The lowest BCUT2D eigenvalue weighted by molar-refractivity contribution is -0.110. The molecule has 0 bridgehead atoms. The molecule has 0 fully saturated rings. The fraction of sp³-hybridized carbons (Fsp3) is 0.154. The van der Waals surface area contributed by atoms with Gasteiger partial charge in [-0.1, -0.05) is 30.4 Å². The number of rotatable bonds is 0. The number of hydrogen-bond acceptors (Lipinski definition) is 2. The van der Waals surface area contributed by atoms with Crippen molar-refractivity contribution in [2.75, 3.05) is 6.61 Å². The van der Waals surface area contributed by atoms with E-state index in [1.165, 1.54) is 0 Å². The first-order valence-corrected chi connectivity index (χ1v) is 4.95. The molecule has 0 unspecified atom stereocenters. The van der Waals surface area contributed by atoms with Gasteiger partial charge >= 0.3 is 0 Å². The summed E-state index contributed by atoms with van der Waals surface area (Å²) in [5.74, 6) is 0.964. The van der Waals surface area contributed by atoms with Crippen molar-refractivity contribution in [2.45, 2.75) is 5.41 Å². The lowest BCUT2D eigenvalue weighted by Crippen LogP contribution is -2.25. The van der Waals surface area contributed by atoms with Crippen molar-refractivity contribution in [3.05, 3.63) is 54.1 Å². The molecule has 1 aliphatic heterocycles. The third-order valence-corrected chi connectivity index (χ3v) is 2.95. The van der Waals surface area contributed by atoms with E-state index < -0.39 is 0 Å². The Morgan fingerprint density at radius 1 is 1.13 bits per heavy atom. The molecular weight excluding hydrogens is 188 g/mol. The number of fused-ring (bicyclic) bond motifs is 2. The van der Waals surface area contributed by atoms with Crippen molar-refractivity contribution in [2.24, 2.45) is 0 Å². The zero-order chi connectivity index (χ0) is 10.3. The Balaban J connectivity index is 2.14. The third-order valence-electron chi connectivity index (χ3n) is 2.95. The van der Waals surface area contributed by atoms with E-state index in [0.29, 0.717) is 6.61 Å². The van der Waals surface area contributed by atoms with Gasteiger partial charge in [-0.15, -0.1) is 0 Å². The summed E-state index contributed by atoms with van der Waals surface area (Å²) in [5, 5.41) is 0. The van der Waals surface area contributed by atoms with E-state index in [1.54, 1.807) is 12.2 Å². The molecule has 1 aromatic carbocycles. The van der Waals surface area contributed by atoms with Gasteiger partial charge < -0.3 is 4.74 Å². The predicted molar refractivity (Wildman–Crippen MR) is 56.9 cm³/mol. The van der Waals surface area contributed by atoms with Crippen LogP contribution >= 0.6 is 0 Å². The molecule has 0 amide bonds. The van der Waals surface area contributed by atoms with Gasteiger partial charge in [0, 0.05) is 5.56 Å². The van der Waals surface area contributed by atoms with Crippen LogP contribution in [0.2, 0.25) is 0 Å². The van der Waals surface area contributed by atoms with Crippen molar-refractivity contribution in [1.29, 1.82) is 0 Å². The highest BCUT2D eigenvalue weighted by Gasteiger charge is 2.37. The van der Waals surface area contributed by atoms with E-state index in [1.807, 2.05) is 36.4 Å². The van der Waals surface area contributed by atoms with Gasteiger partial charge in [0.2, 0.25) is 0 Å². The summed E-state index contributed by atoms with van der Waals surface area (Å²) in [5.41, 5.74) is 0.926. The highest BCUT2D eigenvalue weighted by molar-refractivity contribution is 6.00. The minimum Gasteiger partial charge on any atom is -0.492 e. The SMILES string of the molecule is O=C1C=CC2(C=C1)COc1ccccc12. The van der Waals surface area contributed by atoms with E-state index in [9.17, 15) is 4.79 Å². The van der Waals surface area contributed by atoms with Crippen LogP contribution in [0.25, 0.3) is 0 Å². The first-order valence-electron chi connectivity index (χ1n) is 4.95. The summed E-state index contributed by atoms with van der Waals surface area (Å²) in [6.45, 7) is 0.590. The minimum atomic E-state index is -0.218. The van der Waals surface area contributed by atoms with Gasteiger partial charge in [0.1, 0.15) is 12.4 Å². The smallest absolute Gasteiger partial charge is 0.178 e.